The first-order valence-corrected chi connectivity index (χ1v) is 6.32. The van der Waals surface area contributed by atoms with Crippen LogP contribution in [-0.2, 0) is 0 Å². The van der Waals surface area contributed by atoms with Gasteiger partial charge in [-0.1, -0.05) is 19.8 Å². The summed E-state index contributed by atoms with van der Waals surface area (Å²) in [5.41, 5.74) is 0. The number of unbranched alkanes of at least 4 members (excludes halogenated alkanes) is 2. The molecular weight excluding hydrogens is 303 g/mol. The Morgan fingerprint density at radius 2 is 2.00 bits per heavy atom. The van der Waals surface area contributed by atoms with E-state index in [-0.39, 0.29) is 0 Å². The molecular formula is C12H17IO2. The molecule has 0 unspecified atom stereocenters. The van der Waals surface area contributed by atoms with Crippen molar-refractivity contribution in [1.29, 1.82) is 0 Å². The normalized spacial score (nSPS) is 10.1. The predicted molar refractivity (Wildman–Crippen MR) is 70.7 cm³/mol. The molecule has 84 valence electrons. The van der Waals surface area contributed by atoms with E-state index in [1.807, 2.05) is 18.2 Å². The highest BCUT2D eigenvalue weighted by Gasteiger charge is 2.03. The van der Waals surface area contributed by atoms with E-state index in [1.54, 1.807) is 7.11 Å². The zero-order valence-electron chi connectivity index (χ0n) is 9.25. The third kappa shape index (κ3) is 4.28. The number of halogens is 1. The zero-order valence-corrected chi connectivity index (χ0v) is 11.4. The van der Waals surface area contributed by atoms with Gasteiger partial charge in [0.25, 0.3) is 0 Å². The molecule has 2 nitrogen and oxygen atoms in total. The Morgan fingerprint density at radius 3 is 2.67 bits per heavy atom. The number of ether oxygens (including phenoxy) is 2. The first-order valence-electron chi connectivity index (χ1n) is 5.24. The van der Waals surface area contributed by atoms with Gasteiger partial charge in [0.15, 0.2) is 11.5 Å². The van der Waals surface area contributed by atoms with Gasteiger partial charge in [-0.05, 0) is 47.2 Å². The summed E-state index contributed by atoms with van der Waals surface area (Å²) in [4.78, 5) is 0. The molecule has 1 aromatic carbocycles. The van der Waals surface area contributed by atoms with E-state index in [0.717, 1.165) is 28.1 Å². The molecule has 0 fully saturated rings. The smallest absolute Gasteiger partial charge is 0.161 e. The number of hydrogen-bond donors (Lipinski definition) is 0. The summed E-state index contributed by atoms with van der Waals surface area (Å²) in [6.45, 7) is 2.95. The molecule has 0 spiro atoms. The van der Waals surface area contributed by atoms with Crippen LogP contribution >= 0.6 is 22.6 Å². The molecule has 0 bridgehead atoms. The molecule has 0 radical (unpaired) electrons. The summed E-state index contributed by atoms with van der Waals surface area (Å²) < 4.78 is 12.1. The minimum absolute atomic E-state index is 0.769. The molecule has 0 atom stereocenters. The van der Waals surface area contributed by atoms with Crippen molar-refractivity contribution in [2.45, 2.75) is 26.2 Å². The average Bonchev–Trinajstić information content (AvgIpc) is 2.26. The van der Waals surface area contributed by atoms with Gasteiger partial charge in [0, 0.05) is 3.57 Å². The van der Waals surface area contributed by atoms with Gasteiger partial charge in [-0.25, -0.2) is 0 Å². The summed E-state index contributed by atoms with van der Waals surface area (Å²) in [5, 5.41) is 0. The highest BCUT2D eigenvalue weighted by atomic mass is 127. The summed E-state index contributed by atoms with van der Waals surface area (Å²) >= 11 is 2.26. The number of methoxy groups -OCH3 is 1. The summed E-state index contributed by atoms with van der Waals surface area (Å²) in [5.74, 6) is 1.66. The van der Waals surface area contributed by atoms with Crippen molar-refractivity contribution in [3.05, 3.63) is 21.8 Å². The lowest BCUT2D eigenvalue weighted by molar-refractivity contribution is 0.286. The predicted octanol–water partition coefficient (Wildman–Crippen LogP) is 3.87. The Morgan fingerprint density at radius 1 is 1.20 bits per heavy atom. The van der Waals surface area contributed by atoms with E-state index in [0.29, 0.717) is 0 Å². The largest absolute Gasteiger partial charge is 0.493 e. The molecule has 0 aliphatic rings. The van der Waals surface area contributed by atoms with E-state index >= 15 is 0 Å². The van der Waals surface area contributed by atoms with Crippen molar-refractivity contribution in [3.8, 4) is 11.5 Å². The van der Waals surface area contributed by atoms with Crippen LogP contribution in [0.5, 0.6) is 11.5 Å². The fourth-order valence-electron chi connectivity index (χ4n) is 1.29. The highest BCUT2D eigenvalue weighted by Crippen LogP contribution is 2.28. The van der Waals surface area contributed by atoms with Crippen LogP contribution in [-0.4, -0.2) is 13.7 Å². The van der Waals surface area contributed by atoms with Crippen molar-refractivity contribution in [2.24, 2.45) is 0 Å². The molecule has 0 amide bonds. The van der Waals surface area contributed by atoms with Gasteiger partial charge in [-0.15, -0.1) is 0 Å². The third-order valence-electron chi connectivity index (χ3n) is 2.13. The van der Waals surface area contributed by atoms with Gasteiger partial charge in [0.2, 0.25) is 0 Å². The second-order valence-electron chi connectivity index (χ2n) is 3.35. The fraction of sp³-hybridized carbons (Fsp3) is 0.500. The maximum absolute atomic E-state index is 5.66. The van der Waals surface area contributed by atoms with Crippen LogP contribution in [0.1, 0.15) is 26.2 Å². The van der Waals surface area contributed by atoms with E-state index in [9.17, 15) is 0 Å². The molecule has 0 saturated heterocycles. The van der Waals surface area contributed by atoms with Crippen molar-refractivity contribution in [3.63, 3.8) is 0 Å². The van der Waals surface area contributed by atoms with Gasteiger partial charge in [-0.2, -0.15) is 0 Å². The lowest BCUT2D eigenvalue weighted by Crippen LogP contribution is -1.99. The minimum Gasteiger partial charge on any atom is -0.493 e. The van der Waals surface area contributed by atoms with Gasteiger partial charge < -0.3 is 9.47 Å². The lowest BCUT2D eigenvalue weighted by atomic mass is 10.2. The van der Waals surface area contributed by atoms with Crippen LogP contribution in [0.2, 0.25) is 0 Å². The van der Waals surface area contributed by atoms with Crippen LogP contribution in [0, 0.1) is 3.57 Å². The van der Waals surface area contributed by atoms with E-state index in [1.165, 1.54) is 12.8 Å². The van der Waals surface area contributed by atoms with Crippen molar-refractivity contribution in [1.82, 2.24) is 0 Å². The van der Waals surface area contributed by atoms with Gasteiger partial charge in [-0.3, -0.25) is 0 Å². The summed E-state index contributed by atoms with van der Waals surface area (Å²) in [7, 11) is 1.67. The van der Waals surface area contributed by atoms with Crippen LogP contribution < -0.4 is 9.47 Å². The second kappa shape index (κ2) is 6.93. The zero-order chi connectivity index (χ0) is 11.1. The number of hydrogen-bond acceptors (Lipinski definition) is 2. The topological polar surface area (TPSA) is 18.5 Å². The Hall–Kier alpha value is -0.450. The molecule has 0 aliphatic heterocycles. The first-order chi connectivity index (χ1) is 7.27. The quantitative estimate of drug-likeness (QED) is 0.585. The maximum atomic E-state index is 5.66. The Labute approximate surface area is 105 Å². The average molecular weight is 320 g/mol. The Bertz CT molecular complexity index is 300. The van der Waals surface area contributed by atoms with Crippen molar-refractivity contribution >= 4 is 22.6 Å². The number of benzene rings is 1. The minimum atomic E-state index is 0.769. The Kier molecular flexibility index (Phi) is 5.83. The maximum Gasteiger partial charge on any atom is 0.161 e. The van der Waals surface area contributed by atoms with Crippen LogP contribution in [0.4, 0.5) is 0 Å². The SMILES string of the molecule is CCCCCOc1ccc(I)cc1OC. The first kappa shape index (κ1) is 12.6. The fourth-order valence-corrected chi connectivity index (χ4v) is 1.76. The third-order valence-corrected chi connectivity index (χ3v) is 2.80. The summed E-state index contributed by atoms with van der Waals surface area (Å²) in [6.07, 6.45) is 3.53. The van der Waals surface area contributed by atoms with E-state index in [4.69, 9.17) is 9.47 Å². The summed E-state index contributed by atoms with van der Waals surface area (Å²) in [6, 6.07) is 5.97. The molecule has 0 aromatic heterocycles. The molecule has 0 N–H and O–H groups in total. The molecule has 3 heteroatoms. The molecule has 0 aliphatic carbocycles. The van der Waals surface area contributed by atoms with Gasteiger partial charge in [0.05, 0.1) is 13.7 Å². The molecule has 0 saturated carbocycles. The van der Waals surface area contributed by atoms with E-state index in [2.05, 4.69) is 29.5 Å². The molecule has 0 heterocycles. The second-order valence-corrected chi connectivity index (χ2v) is 4.60. The van der Waals surface area contributed by atoms with Crippen molar-refractivity contribution < 1.29 is 9.47 Å². The number of rotatable bonds is 6. The van der Waals surface area contributed by atoms with E-state index < -0.39 is 0 Å². The van der Waals surface area contributed by atoms with Crippen LogP contribution in [0.25, 0.3) is 0 Å². The molecule has 1 rings (SSSR count). The van der Waals surface area contributed by atoms with Crippen molar-refractivity contribution in [2.75, 3.05) is 13.7 Å². The molecule has 1 aromatic rings. The molecule has 15 heavy (non-hydrogen) atoms. The lowest BCUT2D eigenvalue weighted by Gasteiger charge is -2.10. The van der Waals surface area contributed by atoms with Gasteiger partial charge >= 0.3 is 0 Å². The van der Waals surface area contributed by atoms with Crippen LogP contribution in [0.15, 0.2) is 18.2 Å². The Balaban J connectivity index is 2.52. The van der Waals surface area contributed by atoms with Gasteiger partial charge in [0.1, 0.15) is 0 Å². The standard InChI is InChI=1S/C12H17IO2/c1-3-4-5-8-15-11-7-6-10(13)9-12(11)14-2/h6-7,9H,3-5,8H2,1-2H3. The van der Waals surface area contributed by atoms with Crippen LogP contribution in [0.3, 0.4) is 0 Å². The monoisotopic (exact) mass is 320 g/mol. The highest BCUT2D eigenvalue weighted by molar-refractivity contribution is 14.1.